The molecule has 8 nitrogen and oxygen atoms in total. The number of amides is 1. The van der Waals surface area contributed by atoms with Crippen LogP contribution in [-0.4, -0.2) is 27.4 Å². The molecule has 10 heteroatoms. The lowest BCUT2D eigenvalue weighted by Crippen LogP contribution is -2.17. The van der Waals surface area contributed by atoms with E-state index in [9.17, 15) is 18.0 Å². The minimum absolute atomic E-state index is 0.00293. The molecule has 166 valence electrons. The van der Waals surface area contributed by atoms with Crippen LogP contribution in [-0.2, 0) is 26.0 Å². The van der Waals surface area contributed by atoms with Crippen molar-refractivity contribution in [3.63, 3.8) is 0 Å². The lowest BCUT2D eigenvalue weighted by atomic mass is 10.1. The highest BCUT2D eigenvalue weighted by atomic mass is 35.5. The maximum absolute atomic E-state index is 12.4. The van der Waals surface area contributed by atoms with Gasteiger partial charge in [-0.1, -0.05) is 35.9 Å². The summed E-state index contributed by atoms with van der Waals surface area (Å²) in [5.41, 5.74) is 1.07. The lowest BCUT2D eigenvalue weighted by molar-refractivity contribution is -0.115. The molecule has 3 aromatic rings. The molecule has 0 radical (unpaired) electrons. The number of hydrogen-bond acceptors (Lipinski definition) is 6. The second-order valence-electron chi connectivity index (χ2n) is 6.64. The maximum atomic E-state index is 12.4. The van der Waals surface area contributed by atoms with Crippen molar-refractivity contribution >= 4 is 39.2 Å². The van der Waals surface area contributed by atoms with Crippen molar-refractivity contribution in [2.45, 2.75) is 11.3 Å². The Labute approximate surface area is 190 Å². The number of benzene rings is 3. The zero-order chi connectivity index (χ0) is 23.3. The van der Waals surface area contributed by atoms with Crippen LogP contribution >= 0.6 is 11.6 Å². The minimum Gasteiger partial charge on any atom is -0.465 e. The van der Waals surface area contributed by atoms with Gasteiger partial charge in [0.2, 0.25) is 15.9 Å². The van der Waals surface area contributed by atoms with Gasteiger partial charge in [-0.25, -0.2) is 18.4 Å². The average molecular weight is 475 g/mol. The number of hydrogen-bond donors (Lipinski definition) is 2. The standard InChI is InChI=1S/C22H19ClN2O6S/c1-30-22(27)15-6-4-7-17(11-15)31-19-10-9-16(13-20(19)32(24,28)29)25-21(26)12-14-5-2-3-8-18(14)23/h2-11,13H,12H2,1H3,(H,25,26)(H2,24,28,29). The molecule has 0 aliphatic heterocycles. The quantitative estimate of drug-likeness (QED) is 0.502. The smallest absolute Gasteiger partial charge is 0.337 e. The number of rotatable bonds is 7. The van der Waals surface area contributed by atoms with Crippen LogP contribution in [0, 0.1) is 0 Å². The molecule has 32 heavy (non-hydrogen) atoms. The van der Waals surface area contributed by atoms with Gasteiger partial charge in [-0.05, 0) is 48.0 Å². The molecule has 1 amide bonds. The van der Waals surface area contributed by atoms with E-state index in [-0.39, 0.29) is 34.1 Å². The summed E-state index contributed by atoms with van der Waals surface area (Å²) in [7, 11) is -2.95. The lowest BCUT2D eigenvalue weighted by Gasteiger charge is -2.13. The van der Waals surface area contributed by atoms with Crippen molar-refractivity contribution in [1.29, 1.82) is 0 Å². The Hall–Kier alpha value is -3.40. The van der Waals surface area contributed by atoms with Gasteiger partial charge in [0.25, 0.3) is 0 Å². The third kappa shape index (κ3) is 5.85. The van der Waals surface area contributed by atoms with Crippen molar-refractivity contribution in [3.05, 3.63) is 82.9 Å². The normalized spacial score (nSPS) is 11.0. The van der Waals surface area contributed by atoms with Crippen LogP contribution in [0.4, 0.5) is 5.69 Å². The first-order valence-corrected chi connectivity index (χ1v) is 11.2. The second-order valence-corrected chi connectivity index (χ2v) is 8.58. The number of halogens is 1. The van der Waals surface area contributed by atoms with Crippen LogP contribution in [0.5, 0.6) is 11.5 Å². The number of anilines is 1. The van der Waals surface area contributed by atoms with Gasteiger partial charge in [-0.2, -0.15) is 0 Å². The van der Waals surface area contributed by atoms with Gasteiger partial charge in [0.15, 0.2) is 0 Å². The molecule has 0 aliphatic rings. The first-order chi connectivity index (χ1) is 15.2. The van der Waals surface area contributed by atoms with E-state index >= 15 is 0 Å². The van der Waals surface area contributed by atoms with Crippen molar-refractivity contribution in [3.8, 4) is 11.5 Å². The van der Waals surface area contributed by atoms with Gasteiger partial charge in [-0.15, -0.1) is 0 Å². The van der Waals surface area contributed by atoms with Gasteiger partial charge in [0, 0.05) is 10.7 Å². The summed E-state index contributed by atoms with van der Waals surface area (Å²) in [6.45, 7) is 0. The van der Waals surface area contributed by atoms with E-state index in [1.165, 1.54) is 37.4 Å². The summed E-state index contributed by atoms with van der Waals surface area (Å²) < 4.78 is 34.6. The van der Waals surface area contributed by atoms with Crippen molar-refractivity contribution < 1.29 is 27.5 Å². The van der Waals surface area contributed by atoms with E-state index in [0.717, 1.165) is 0 Å². The van der Waals surface area contributed by atoms with E-state index in [1.54, 1.807) is 36.4 Å². The molecule has 3 N–H and O–H groups in total. The van der Waals surface area contributed by atoms with Gasteiger partial charge in [-0.3, -0.25) is 4.79 Å². The molecule has 0 heterocycles. The van der Waals surface area contributed by atoms with Crippen molar-refractivity contribution in [2.24, 2.45) is 5.14 Å². The SMILES string of the molecule is COC(=O)c1cccc(Oc2ccc(NC(=O)Cc3ccccc3Cl)cc2S(N)(=O)=O)c1. The number of carbonyl (C=O) groups excluding carboxylic acids is 2. The number of methoxy groups -OCH3 is 1. The number of nitrogens with two attached hydrogens (primary N) is 1. The molecule has 0 spiro atoms. The summed E-state index contributed by atoms with van der Waals surface area (Å²) >= 11 is 6.07. The van der Waals surface area contributed by atoms with Crippen LogP contribution < -0.4 is 15.2 Å². The highest BCUT2D eigenvalue weighted by molar-refractivity contribution is 7.89. The van der Waals surface area contributed by atoms with E-state index in [1.807, 2.05) is 0 Å². The zero-order valence-corrected chi connectivity index (χ0v) is 18.4. The summed E-state index contributed by atoms with van der Waals surface area (Å²) in [5.74, 6) is -0.830. The number of sulfonamides is 1. The summed E-state index contributed by atoms with van der Waals surface area (Å²) in [5, 5.41) is 8.41. The Bertz CT molecular complexity index is 1280. The highest BCUT2D eigenvalue weighted by Crippen LogP contribution is 2.31. The van der Waals surface area contributed by atoms with Crippen LogP contribution in [0.25, 0.3) is 0 Å². The molecule has 0 saturated carbocycles. The monoisotopic (exact) mass is 474 g/mol. The maximum Gasteiger partial charge on any atom is 0.337 e. The number of esters is 1. The molecule has 3 aromatic carbocycles. The van der Waals surface area contributed by atoms with Crippen molar-refractivity contribution in [2.75, 3.05) is 12.4 Å². The average Bonchev–Trinajstić information content (AvgIpc) is 2.75. The Balaban J connectivity index is 1.84. The molecule has 0 unspecified atom stereocenters. The number of ether oxygens (including phenoxy) is 2. The molecule has 0 aromatic heterocycles. The van der Waals surface area contributed by atoms with Gasteiger partial charge < -0.3 is 14.8 Å². The third-order valence-corrected chi connectivity index (χ3v) is 5.63. The predicted molar refractivity (Wildman–Crippen MR) is 119 cm³/mol. The third-order valence-electron chi connectivity index (χ3n) is 4.33. The van der Waals surface area contributed by atoms with Gasteiger partial charge in [0.05, 0.1) is 19.1 Å². The molecule has 0 fully saturated rings. The fourth-order valence-corrected chi connectivity index (χ4v) is 3.73. The van der Waals surface area contributed by atoms with Crippen molar-refractivity contribution in [1.82, 2.24) is 0 Å². The van der Waals surface area contributed by atoms with Crippen LogP contribution in [0.3, 0.4) is 0 Å². The Morgan fingerprint density at radius 3 is 2.47 bits per heavy atom. The van der Waals surface area contributed by atoms with Crippen LogP contribution in [0.15, 0.2) is 71.6 Å². The minimum atomic E-state index is -4.20. The van der Waals surface area contributed by atoms with Gasteiger partial charge >= 0.3 is 5.97 Å². The predicted octanol–water partition coefficient (Wildman–Crippen LogP) is 3.75. The molecule has 0 saturated heterocycles. The summed E-state index contributed by atoms with van der Waals surface area (Å²) in [6, 6.07) is 16.9. The molecule has 0 atom stereocenters. The first-order valence-electron chi connectivity index (χ1n) is 9.23. The van der Waals surface area contributed by atoms with Gasteiger partial charge in [0.1, 0.15) is 16.4 Å². The van der Waals surface area contributed by atoms with E-state index in [0.29, 0.717) is 10.6 Å². The van der Waals surface area contributed by atoms with E-state index in [2.05, 4.69) is 10.1 Å². The fraction of sp³-hybridized carbons (Fsp3) is 0.0909. The summed E-state index contributed by atoms with van der Waals surface area (Å²) in [6.07, 6.45) is 0.00293. The van der Waals surface area contributed by atoms with Crippen LogP contribution in [0.1, 0.15) is 15.9 Å². The zero-order valence-electron chi connectivity index (χ0n) is 16.9. The van der Waals surface area contributed by atoms with E-state index in [4.69, 9.17) is 21.5 Å². The van der Waals surface area contributed by atoms with E-state index < -0.39 is 21.9 Å². The highest BCUT2D eigenvalue weighted by Gasteiger charge is 2.18. The Morgan fingerprint density at radius 1 is 1.03 bits per heavy atom. The largest absolute Gasteiger partial charge is 0.465 e. The second kappa shape index (κ2) is 9.82. The number of nitrogens with one attached hydrogen (secondary N) is 1. The number of primary sulfonamides is 1. The molecule has 0 aliphatic carbocycles. The Morgan fingerprint density at radius 2 is 1.78 bits per heavy atom. The molecule has 0 bridgehead atoms. The first kappa shape index (κ1) is 23.3. The Kier molecular flexibility index (Phi) is 7.14. The fourth-order valence-electron chi connectivity index (χ4n) is 2.84. The molecular formula is C22H19ClN2O6S. The summed E-state index contributed by atoms with van der Waals surface area (Å²) in [4.78, 5) is 23.7. The molecular weight excluding hydrogens is 456 g/mol. The topological polar surface area (TPSA) is 125 Å². The molecule has 3 rings (SSSR count). The van der Waals surface area contributed by atoms with Crippen LogP contribution in [0.2, 0.25) is 5.02 Å². The number of carbonyl (C=O) groups is 2.